The number of hydrogen-bond acceptors (Lipinski definition) is 2. The normalized spacial score (nSPS) is 11.4. The van der Waals surface area contributed by atoms with Crippen molar-refractivity contribution >= 4 is 5.91 Å². The number of aliphatic hydroxyl groups is 1. The van der Waals surface area contributed by atoms with Gasteiger partial charge in [0.2, 0.25) is 0 Å². The van der Waals surface area contributed by atoms with Crippen LogP contribution in [0, 0.1) is 17.7 Å². The quantitative estimate of drug-likeness (QED) is 0.792. The van der Waals surface area contributed by atoms with Crippen molar-refractivity contribution in [3.05, 3.63) is 35.1 Å². The van der Waals surface area contributed by atoms with E-state index in [1.54, 1.807) is 6.07 Å². The highest BCUT2D eigenvalue weighted by Gasteiger charge is 2.15. The number of halogens is 1. The third-order valence-corrected chi connectivity index (χ3v) is 3.15. The van der Waals surface area contributed by atoms with E-state index in [2.05, 4.69) is 24.1 Å². The van der Waals surface area contributed by atoms with Crippen molar-refractivity contribution in [1.29, 1.82) is 0 Å². The van der Waals surface area contributed by atoms with E-state index >= 15 is 0 Å². The monoisotopic (exact) mass is 291 g/mol. The van der Waals surface area contributed by atoms with E-state index in [1.165, 1.54) is 12.1 Å². The topological polar surface area (TPSA) is 49.3 Å². The first kappa shape index (κ1) is 17.2. The first-order valence-electron chi connectivity index (χ1n) is 7.32. The van der Waals surface area contributed by atoms with Gasteiger partial charge in [-0.05, 0) is 31.0 Å². The fraction of sp³-hybridized carbons (Fsp3) is 0.471. The minimum atomic E-state index is -0.574. The van der Waals surface area contributed by atoms with Gasteiger partial charge in [0.25, 0.3) is 5.91 Å². The fourth-order valence-corrected chi connectivity index (χ4v) is 1.99. The summed E-state index contributed by atoms with van der Waals surface area (Å²) >= 11 is 0. The molecule has 1 atom stereocenters. The van der Waals surface area contributed by atoms with Crippen LogP contribution in [0.3, 0.4) is 0 Å². The standard InChI is InChI=1S/C17H22FNO2/c1-3-7-14(4-2)19-17(21)15-10-9-13(12-16(15)18)8-5-6-11-20/h9-10,12,14,20H,3-4,6-7,11H2,1-2H3,(H,19,21). The van der Waals surface area contributed by atoms with Crippen LogP contribution in [-0.2, 0) is 0 Å². The van der Waals surface area contributed by atoms with E-state index in [0.717, 1.165) is 19.3 Å². The predicted octanol–water partition coefficient (Wildman–Crippen LogP) is 2.87. The first-order valence-corrected chi connectivity index (χ1v) is 7.32. The van der Waals surface area contributed by atoms with Gasteiger partial charge in [0, 0.05) is 18.0 Å². The number of hydrogen-bond donors (Lipinski definition) is 2. The Balaban J connectivity index is 2.80. The average Bonchev–Trinajstić information content (AvgIpc) is 2.47. The van der Waals surface area contributed by atoms with Crippen molar-refractivity contribution in [1.82, 2.24) is 5.32 Å². The van der Waals surface area contributed by atoms with Crippen LogP contribution in [0.15, 0.2) is 18.2 Å². The largest absolute Gasteiger partial charge is 0.395 e. The summed E-state index contributed by atoms with van der Waals surface area (Å²) in [5, 5.41) is 11.5. The van der Waals surface area contributed by atoms with E-state index in [1.807, 2.05) is 6.92 Å². The van der Waals surface area contributed by atoms with Gasteiger partial charge in [-0.25, -0.2) is 4.39 Å². The van der Waals surface area contributed by atoms with Crippen molar-refractivity contribution in [2.45, 2.75) is 45.6 Å². The Bertz CT molecular complexity index is 531. The highest BCUT2D eigenvalue weighted by atomic mass is 19.1. The lowest BCUT2D eigenvalue weighted by atomic mass is 10.1. The summed E-state index contributed by atoms with van der Waals surface area (Å²) in [6, 6.07) is 4.39. The number of nitrogens with one attached hydrogen (secondary N) is 1. The molecule has 0 aliphatic heterocycles. The van der Waals surface area contributed by atoms with Gasteiger partial charge in [0.05, 0.1) is 12.2 Å². The van der Waals surface area contributed by atoms with E-state index < -0.39 is 5.82 Å². The number of rotatable bonds is 6. The molecule has 4 heteroatoms. The Kier molecular flexibility index (Phi) is 7.49. The number of carbonyl (C=O) groups excluding carboxylic acids is 1. The lowest BCUT2D eigenvalue weighted by Gasteiger charge is -2.16. The van der Waals surface area contributed by atoms with Gasteiger partial charge in [0.1, 0.15) is 5.82 Å². The summed E-state index contributed by atoms with van der Waals surface area (Å²) < 4.78 is 14.0. The Morgan fingerprint density at radius 2 is 2.19 bits per heavy atom. The minimum Gasteiger partial charge on any atom is -0.395 e. The number of benzene rings is 1. The zero-order valence-electron chi connectivity index (χ0n) is 12.6. The molecule has 0 bridgehead atoms. The Morgan fingerprint density at radius 1 is 1.43 bits per heavy atom. The van der Waals surface area contributed by atoms with Gasteiger partial charge in [-0.3, -0.25) is 4.79 Å². The fourth-order valence-electron chi connectivity index (χ4n) is 1.99. The molecule has 0 saturated heterocycles. The average molecular weight is 291 g/mol. The van der Waals surface area contributed by atoms with Gasteiger partial charge in [-0.2, -0.15) is 0 Å². The van der Waals surface area contributed by atoms with Gasteiger partial charge >= 0.3 is 0 Å². The van der Waals surface area contributed by atoms with Crippen LogP contribution in [0.1, 0.15) is 55.5 Å². The summed E-state index contributed by atoms with van der Waals surface area (Å²) in [7, 11) is 0. The molecule has 21 heavy (non-hydrogen) atoms. The summed E-state index contributed by atoms with van der Waals surface area (Å²) in [6.45, 7) is 4.03. The molecule has 2 N–H and O–H groups in total. The second-order valence-electron chi connectivity index (χ2n) is 4.84. The third kappa shape index (κ3) is 5.57. The molecule has 114 valence electrons. The molecule has 1 aromatic carbocycles. The Hall–Kier alpha value is -1.86. The predicted molar refractivity (Wildman–Crippen MR) is 81.4 cm³/mol. The molecule has 0 fully saturated rings. The SMILES string of the molecule is CCCC(CC)NC(=O)c1ccc(C#CCCO)cc1F. The first-order chi connectivity index (χ1) is 10.1. The van der Waals surface area contributed by atoms with Crippen LogP contribution in [0.25, 0.3) is 0 Å². The zero-order valence-corrected chi connectivity index (χ0v) is 12.6. The molecule has 0 radical (unpaired) electrons. The van der Waals surface area contributed by atoms with Crippen LogP contribution >= 0.6 is 0 Å². The van der Waals surface area contributed by atoms with Gasteiger partial charge in [-0.15, -0.1) is 0 Å². The highest BCUT2D eigenvalue weighted by molar-refractivity contribution is 5.94. The number of carbonyl (C=O) groups is 1. The van der Waals surface area contributed by atoms with Crippen molar-refractivity contribution in [3.63, 3.8) is 0 Å². The molecule has 0 aliphatic carbocycles. The summed E-state index contributed by atoms with van der Waals surface area (Å²) in [5.74, 6) is 4.50. The van der Waals surface area contributed by atoms with Crippen molar-refractivity contribution in [2.75, 3.05) is 6.61 Å². The van der Waals surface area contributed by atoms with Gasteiger partial charge < -0.3 is 10.4 Å². The maximum absolute atomic E-state index is 14.0. The Morgan fingerprint density at radius 3 is 2.76 bits per heavy atom. The van der Waals surface area contributed by atoms with Gasteiger partial charge in [0.15, 0.2) is 0 Å². The lowest BCUT2D eigenvalue weighted by molar-refractivity contribution is 0.0929. The molecule has 1 aromatic rings. The molecular weight excluding hydrogens is 269 g/mol. The molecule has 1 rings (SSSR count). The third-order valence-electron chi connectivity index (χ3n) is 3.15. The number of amides is 1. The maximum atomic E-state index is 14.0. The molecule has 0 saturated carbocycles. The van der Waals surface area contributed by atoms with E-state index in [4.69, 9.17) is 5.11 Å². The van der Waals surface area contributed by atoms with Crippen LogP contribution in [-0.4, -0.2) is 23.7 Å². The summed E-state index contributed by atoms with van der Waals surface area (Å²) in [5.41, 5.74) is 0.537. The molecule has 1 unspecified atom stereocenters. The molecule has 0 heterocycles. The maximum Gasteiger partial charge on any atom is 0.254 e. The lowest BCUT2D eigenvalue weighted by Crippen LogP contribution is -2.34. The summed E-state index contributed by atoms with van der Waals surface area (Å²) in [6.07, 6.45) is 3.03. The minimum absolute atomic E-state index is 0.0220. The molecule has 0 aromatic heterocycles. The number of aliphatic hydroxyl groups excluding tert-OH is 1. The molecule has 0 aliphatic rings. The molecule has 1 amide bonds. The van der Waals surface area contributed by atoms with Crippen molar-refractivity contribution in [3.8, 4) is 11.8 Å². The van der Waals surface area contributed by atoms with Crippen molar-refractivity contribution in [2.24, 2.45) is 0 Å². The van der Waals surface area contributed by atoms with Crippen LogP contribution < -0.4 is 5.32 Å². The second kappa shape index (κ2) is 9.15. The summed E-state index contributed by atoms with van der Waals surface area (Å²) in [4.78, 5) is 12.1. The van der Waals surface area contributed by atoms with Crippen molar-refractivity contribution < 1.29 is 14.3 Å². The smallest absolute Gasteiger partial charge is 0.254 e. The Labute approximate surface area is 125 Å². The zero-order chi connectivity index (χ0) is 15.7. The second-order valence-corrected chi connectivity index (χ2v) is 4.84. The van der Waals surface area contributed by atoms with E-state index in [-0.39, 0.29) is 24.1 Å². The van der Waals surface area contributed by atoms with Crippen LogP contribution in [0.5, 0.6) is 0 Å². The molecular formula is C17H22FNO2. The van der Waals surface area contributed by atoms with Gasteiger partial charge in [-0.1, -0.05) is 32.1 Å². The highest BCUT2D eigenvalue weighted by Crippen LogP contribution is 2.11. The molecule has 0 spiro atoms. The van der Waals surface area contributed by atoms with Crippen LogP contribution in [0.2, 0.25) is 0 Å². The molecule has 3 nitrogen and oxygen atoms in total. The van der Waals surface area contributed by atoms with E-state index in [9.17, 15) is 9.18 Å². The van der Waals surface area contributed by atoms with E-state index in [0.29, 0.717) is 12.0 Å². The van der Waals surface area contributed by atoms with Crippen LogP contribution in [0.4, 0.5) is 4.39 Å².